The van der Waals surface area contributed by atoms with Crippen molar-refractivity contribution >= 4 is 17.9 Å². The Bertz CT molecular complexity index is 791. The van der Waals surface area contributed by atoms with E-state index in [4.69, 9.17) is 24.5 Å². The van der Waals surface area contributed by atoms with Crippen LogP contribution in [0.25, 0.3) is 0 Å². The first-order valence-electron chi connectivity index (χ1n) is 9.12. The van der Waals surface area contributed by atoms with Crippen molar-refractivity contribution in [3.05, 3.63) is 42.2 Å². The normalized spacial score (nSPS) is 14.6. The van der Waals surface area contributed by atoms with Crippen molar-refractivity contribution in [3.63, 3.8) is 0 Å². The molecule has 1 unspecified atom stereocenters. The van der Waals surface area contributed by atoms with Gasteiger partial charge in [-0.25, -0.2) is 19.6 Å². The minimum atomic E-state index is -1.82. The molecule has 10 nitrogen and oxygen atoms in total. The number of carboxylic acids is 2. The molecule has 1 aromatic heterocycles. The van der Waals surface area contributed by atoms with Gasteiger partial charge in [-0.2, -0.15) is 0 Å². The summed E-state index contributed by atoms with van der Waals surface area (Å²) < 4.78 is 5.95. The van der Waals surface area contributed by atoms with E-state index in [2.05, 4.69) is 20.6 Å². The number of aliphatic carboxylic acids is 2. The fraction of sp³-hybridized carbons (Fsp3) is 0.368. The lowest BCUT2D eigenvalue weighted by Crippen LogP contribution is -2.35. The summed E-state index contributed by atoms with van der Waals surface area (Å²) in [5.74, 6) is -1.78. The molecule has 1 aliphatic rings. The van der Waals surface area contributed by atoms with Crippen LogP contribution in [-0.2, 0) is 16.0 Å². The SMILES string of the molecule is O=C(O)C(=O)O.Oc1ccc2c(c1)CCC(CNCCCNc1ncccn1)O2. The maximum atomic E-state index is 9.48. The lowest BCUT2D eigenvalue weighted by Gasteiger charge is -2.26. The fourth-order valence-electron chi connectivity index (χ4n) is 2.64. The first kappa shape index (κ1) is 21.9. The molecular weight excluding hydrogens is 380 g/mol. The van der Waals surface area contributed by atoms with Gasteiger partial charge in [0.15, 0.2) is 0 Å². The number of ether oxygens (including phenoxy) is 1. The van der Waals surface area contributed by atoms with Gasteiger partial charge in [0.05, 0.1) is 0 Å². The highest BCUT2D eigenvalue weighted by Gasteiger charge is 2.19. The molecule has 0 amide bonds. The zero-order valence-electron chi connectivity index (χ0n) is 15.7. The molecule has 2 aromatic rings. The number of aromatic nitrogens is 2. The fourth-order valence-corrected chi connectivity index (χ4v) is 2.64. The van der Waals surface area contributed by atoms with E-state index >= 15 is 0 Å². The average molecular weight is 404 g/mol. The Balaban J connectivity index is 0.000000438. The van der Waals surface area contributed by atoms with Crippen LogP contribution in [0.15, 0.2) is 36.7 Å². The van der Waals surface area contributed by atoms with E-state index in [1.165, 1.54) is 0 Å². The van der Waals surface area contributed by atoms with Gasteiger partial charge in [-0.05, 0) is 55.6 Å². The van der Waals surface area contributed by atoms with Crippen molar-refractivity contribution < 1.29 is 29.6 Å². The van der Waals surface area contributed by atoms with Gasteiger partial charge < -0.3 is 30.7 Å². The number of rotatable bonds is 7. The van der Waals surface area contributed by atoms with Gasteiger partial charge >= 0.3 is 11.9 Å². The molecule has 1 aromatic carbocycles. The number of aryl methyl sites for hydroxylation is 1. The number of carboxylic acid groups (broad SMARTS) is 2. The topological polar surface area (TPSA) is 154 Å². The molecule has 0 saturated heterocycles. The minimum Gasteiger partial charge on any atom is -0.508 e. The monoisotopic (exact) mass is 404 g/mol. The molecule has 0 radical (unpaired) electrons. The first-order chi connectivity index (χ1) is 14.0. The smallest absolute Gasteiger partial charge is 0.414 e. The molecule has 0 fully saturated rings. The van der Waals surface area contributed by atoms with Crippen LogP contribution in [0.2, 0.25) is 0 Å². The van der Waals surface area contributed by atoms with Crippen molar-refractivity contribution in [2.24, 2.45) is 0 Å². The molecule has 3 rings (SSSR count). The summed E-state index contributed by atoms with van der Waals surface area (Å²) in [4.78, 5) is 26.4. The predicted molar refractivity (Wildman–Crippen MR) is 104 cm³/mol. The molecule has 0 aliphatic carbocycles. The second-order valence-electron chi connectivity index (χ2n) is 6.24. The highest BCUT2D eigenvalue weighted by atomic mass is 16.5. The third kappa shape index (κ3) is 8.01. The summed E-state index contributed by atoms with van der Waals surface area (Å²) in [5, 5.41) is 30.9. The van der Waals surface area contributed by atoms with Gasteiger partial charge in [0.1, 0.15) is 17.6 Å². The maximum absolute atomic E-state index is 9.48. The van der Waals surface area contributed by atoms with Gasteiger partial charge in [-0.15, -0.1) is 0 Å². The van der Waals surface area contributed by atoms with Crippen LogP contribution >= 0.6 is 0 Å². The van der Waals surface area contributed by atoms with Crippen LogP contribution < -0.4 is 15.4 Å². The quantitative estimate of drug-likeness (QED) is 0.335. The van der Waals surface area contributed by atoms with Crippen LogP contribution in [0.3, 0.4) is 0 Å². The third-order valence-electron chi connectivity index (χ3n) is 4.01. The number of phenolic OH excluding ortho intramolecular Hbond substituents is 1. The number of nitrogens with one attached hydrogen (secondary N) is 2. The van der Waals surface area contributed by atoms with E-state index in [0.717, 1.165) is 50.2 Å². The van der Waals surface area contributed by atoms with E-state index in [0.29, 0.717) is 11.7 Å². The summed E-state index contributed by atoms with van der Waals surface area (Å²) in [6.07, 6.45) is 6.56. The molecule has 5 N–H and O–H groups in total. The van der Waals surface area contributed by atoms with Crippen molar-refractivity contribution in [1.82, 2.24) is 15.3 Å². The summed E-state index contributed by atoms with van der Waals surface area (Å²) in [6.45, 7) is 2.59. The second kappa shape index (κ2) is 11.4. The Kier molecular flexibility index (Phi) is 8.64. The number of fused-ring (bicyclic) bond motifs is 1. The Morgan fingerprint density at radius 3 is 2.55 bits per heavy atom. The number of phenols is 1. The Hall–Kier alpha value is -3.40. The number of nitrogens with zero attached hydrogens (tertiary/aromatic N) is 2. The third-order valence-corrected chi connectivity index (χ3v) is 4.01. The van der Waals surface area contributed by atoms with Crippen molar-refractivity contribution in [2.45, 2.75) is 25.4 Å². The Morgan fingerprint density at radius 2 is 1.86 bits per heavy atom. The van der Waals surface area contributed by atoms with Crippen LogP contribution in [0.4, 0.5) is 5.95 Å². The summed E-state index contributed by atoms with van der Waals surface area (Å²) >= 11 is 0. The molecule has 2 heterocycles. The number of hydrogen-bond donors (Lipinski definition) is 5. The highest BCUT2D eigenvalue weighted by Crippen LogP contribution is 2.30. The Morgan fingerprint density at radius 1 is 1.14 bits per heavy atom. The number of aromatic hydroxyl groups is 1. The van der Waals surface area contributed by atoms with Crippen LogP contribution in [-0.4, -0.2) is 63.0 Å². The van der Waals surface area contributed by atoms with Gasteiger partial charge in [-0.1, -0.05) is 0 Å². The first-order valence-corrected chi connectivity index (χ1v) is 9.12. The summed E-state index contributed by atoms with van der Waals surface area (Å²) in [7, 11) is 0. The van der Waals surface area contributed by atoms with E-state index in [1.807, 2.05) is 6.07 Å². The number of benzene rings is 1. The number of anilines is 1. The lowest BCUT2D eigenvalue weighted by molar-refractivity contribution is -0.159. The second-order valence-corrected chi connectivity index (χ2v) is 6.24. The molecule has 0 bridgehead atoms. The molecule has 0 saturated carbocycles. The van der Waals surface area contributed by atoms with Gasteiger partial charge in [0, 0.05) is 25.5 Å². The minimum absolute atomic E-state index is 0.192. The summed E-state index contributed by atoms with van der Waals surface area (Å²) in [5.41, 5.74) is 1.09. The zero-order valence-corrected chi connectivity index (χ0v) is 15.7. The standard InChI is InChI=1S/C17H22N4O2.C2H2O4/c22-14-4-6-16-13(11-14)3-5-15(23-16)12-18-7-1-8-19-17-20-9-2-10-21-17;3-1(4)2(5)6/h2,4,6,9-11,15,18,22H,1,3,5,7-8,12H2,(H,19,20,21);(H,3,4)(H,5,6). The molecule has 156 valence electrons. The highest BCUT2D eigenvalue weighted by molar-refractivity contribution is 6.27. The lowest BCUT2D eigenvalue weighted by atomic mass is 10.0. The van der Waals surface area contributed by atoms with Crippen molar-refractivity contribution in [2.75, 3.05) is 25.0 Å². The largest absolute Gasteiger partial charge is 0.508 e. The van der Waals surface area contributed by atoms with Gasteiger partial charge in [-0.3, -0.25) is 0 Å². The molecule has 29 heavy (non-hydrogen) atoms. The van der Waals surface area contributed by atoms with Gasteiger partial charge in [0.2, 0.25) is 5.95 Å². The van der Waals surface area contributed by atoms with Crippen LogP contribution in [0.1, 0.15) is 18.4 Å². The van der Waals surface area contributed by atoms with Crippen molar-refractivity contribution in [1.29, 1.82) is 0 Å². The van der Waals surface area contributed by atoms with E-state index in [1.54, 1.807) is 30.6 Å². The Labute approximate surface area is 167 Å². The van der Waals surface area contributed by atoms with Crippen molar-refractivity contribution in [3.8, 4) is 11.5 Å². The zero-order chi connectivity index (χ0) is 21.1. The predicted octanol–water partition coefficient (Wildman–Crippen LogP) is 1.12. The number of hydrogen-bond acceptors (Lipinski definition) is 8. The molecule has 1 aliphatic heterocycles. The maximum Gasteiger partial charge on any atom is 0.414 e. The molecular formula is C19H24N4O6. The van der Waals surface area contributed by atoms with E-state index < -0.39 is 11.9 Å². The molecule has 1 atom stereocenters. The van der Waals surface area contributed by atoms with E-state index in [9.17, 15) is 5.11 Å². The van der Waals surface area contributed by atoms with Crippen LogP contribution in [0, 0.1) is 0 Å². The summed E-state index contributed by atoms with van der Waals surface area (Å²) in [6, 6.07) is 7.11. The van der Waals surface area contributed by atoms with Crippen LogP contribution in [0.5, 0.6) is 11.5 Å². The number of carbonyl (C=O) groups is 2. The van der Waals surface area contributed by atoms with Gasteiger partial charge in [0.25, 0.3) is 0 Å². The molecule has 10 heteroatoms. The average Bonchev–Trinajstić information content (AvgIpc) is 2.71. The molecule has 0 spiro atoms. The van der Waals surface area contributed by atoms with E-state index in [-0.39, 0.29) is 6.10 Å².